The molecule has 0 atom stereocenters. The van der Waals surface area contributed by atoms with Gasteiger partial charge in [0, 0.05) is 5.69 Å². The summed E-state index contributed by atoms with van der Waals surface area (Å²) in [4.78, 5) is 4.55. The summed E-state index contributed by atoms with van der Waals surface area (Å²) in [5, 5.41) is 4.97. The van der Waals surface area contributed by atoms with Crippen LogP contribution in [0.4, 0.5) is 10.8 Å². The van der Waals surface area contributed by atoms with Crippen LogP contribution in [0.5, 0.6) is 0 Å². The van der Waals surface area contributed by atoms with E-state index in [4.69, 9.17) is 11.6 Å². The zero-order chi connectivity index (χ0) is 13.2. The van der Waals surface area contributed by atoms with Gasteiger partial charge in [-0.1, -0.05) is 48.1 Å². The lowest BCUT2D eigenvalue weighted by Gasteiger charge is -2.03. The Morgan fingerprint density at radius 2 is 2.05 bits per heavy atom. The largest absolute Gasteiger partial charge is 0.332 e. The summed E-state index contributed by atoms with van der Waals surface area (Å²) in [6.45, 7) is 2.15. The van der Waals surface area contributed by atoms with E-state index < -0.39 is 0 Å². The van der Waals surface area contributed by atoms with Crippen molar-refractivity contribution >= 4 is 44.0 Å². The van der Waals surface area contributed by atoms with Crippen LogP contribution in [0.3, 0.4) is 0 Å². The lowest BCUT2D eigenvalue weighted by atomic mass is 10.1. The Morgan fingerprint density at radius 3 is 2.84 bits per heavy atom. The van der Waals surface area contributed by atoms with Crippen LogP contribution in [-0.2, 0) is 6.42 Å². The molecule has 0 radical (unpaired) electrons. The van der Waals surface area contributed by atoms with E-state index in [1.54, 1.807) is 11.3 Å². The number of nitrogens with one attached hydrogen (secondary N) is 1. The predicted octanol–water partition coefficient (Wildman–Crippen LogP) is 5.26. The molecule has 0 aliphatic rings. The minimum Gasteiger partial charge on any atom is -0.332 e. The van der Waals surface area contributed by atoms with E-state index in [1.165, 1.54) is 5.56 Å². The molecule has 1 N–H and O–H groups in total. The summed E-state index contributed by atoms with van der Waals surface area (Å²) in [6.07, 6.45) is 1.03. The van der Waals surface area contributed by atoms with Crippen LogP contribution in [0.2, 0.25) is 5.02 Å². The maximum absolute atomic E-state index is 6.16. The number of aromatic nitrogens is 1. The van der Waals surface area contributed by atoms with Crippen molar-refractivity contribution in [3.8, 4) is 0 Å². The summed E-state index contributed by atoms with van der Waals surface area (Å²) in [5.74, 6) is 0. The Bertz CT molecular complexity index is 721. The average molecular weight is 289 g/mol. The lowest BCUT2D eigenvalue weighted by molar-refractivity contribution is 1.14. The highest BCUT2D eigenvalue weighted by molar-refractivity contribution is 7.22. The number of halogens is 1. The molecule has 19 heavy (non-hydrogen) atoms. The van der Waals surface area contributed by atoms with Crippen LogP contribution >= 0.6 is 22.9 Å². The van der Waals surface area contributed by atoms with Crippen molar-refractivity contribution in [1.82, 2.24) is 4.98 Å². The molecule has 0 fully saturated rings. The zero-order valence-corrected chi connectivity index (χ0v) is 12.1. The molecule has 0 saturated carbocycles. The van der Waals surface area contributed by atoms with Gasteiger partial charge in [0.05, 0.1) is 15.2 Å². The van der Waals surface area contributed by atoms with Crippen LogP contribution < -0.4 is 5.32 Å². The third kappa shape index (κ3) is 2.57. The van der Waals surface area contributed by atoms with E-state index in [0.29, 0.717) is 0 Å². The highest BCUT2D eigenvalue weighted by Crippen LogP contribution is 2.33. The topological polar surface area (TPSA) is 24.9 Å². The van der Waals surface area contributed by atoms with Crippen molar-refractivity contribution in [2.75, 3.05) is 5.32 Å². The number of rotatable bonds is 3. The number of benzene rings is 2. The van der Waals surface area contributed by atoms with Gasteiger partial charge in [0.15, 0.2) is 5.13 Å². The van der Waals surface area contributed by atoms with E-state index >= 15 is 0 Å². The minimum absolute atomic E-state index is 0.755. The number of hydrogen-bond acceptors (Lipinski definition) is 3. The molecular formula is C15H13ClN2S. The molecular weight excluding hydrogens is 276 g/mol. The Balaban J connectivity index is 1.94. The fourth-order valence-corrected chi connectivity index (χ4v) is 3.14. The van der Waals surface area contributed by atoms with Crippen LogP contribution in [0.25, 0.3) is 10.2 Å². The van der Waals surface area contributed by atoms with Gasteiger partial charge in [0.2, 0.25) is 0 Å². The summed E-state index contributed by atoms with van der Waals surface area (Å²) in [6, 6.07) is 14.2. The van der Waals surface area contributed by atoms with Gasteiger partial charge in [-0.05, 0) is 36.2 Å². The third-order valence-electron chi connectivity index (χ3n) is 2.95. The molecule has 1 heterocycles. The Hall–Kier alpha value is -1.58. The second-order valence-electron chi connectivity index (χ2n) is 4.29. The van der Waals surface area contributed by atoms with Crippen molar-refractivity contribution in [2.45, 2.75) is 13.3 Å². The van der Waals surface area contributed by atoms with Gasteiger partial charge >= 0.3 is 0 Å². The average Bonchev–Trinajstić information content (AvgIpc) is 2.83. The molecule has 2 aromatic carbocycles. The quantitative estimate of drug-likeness (QED) is 0.711. The molecule has 0 unspecified atom stereocenters. The first-order chi connectivity index (χ1) is 9.26. The van der Waals surface area contributed by atoms with Crippen LogP contribution in [0.15, 0.2) is 42.5 Å². The minimum atomic E-state index is 0.755. The lowest BCUT2D eigenvalue weighted by Crippen LogP contribution is -1.90. The highest BCUT2D eigenvalue weighted by atomic mass is 35.5. The van der Waals surface area contributed by atoms with Crippen LogP contribution in [-0.4, -0.2) is 4.98 Å². The van der Waals surface area contributed by atoms with Gasteiger partial charge in [-0.2, -0.15) is 0 Å². The van der Waals surface area contributed by atoms with Crippen molar-refractivity contribution < 1.29 is 0 Å². The van der Waals surface area contributed by atoms with E-state index in [2.05, 4.69) is 35.4 Å². The normalized spacial score (nSPS) is 10.8. The van der Waals surface area contributed by atoms with Crippen LogP contribution in [0, 0.1) is 0 Å². The number of thiazole rings is 1. The fraction of sp³-hybridized carbons (Fsp3) is 0.133. The Morgan fingerprint density at radius 1 is 1.21 bits per heavy atom. The van der Waals surface area contributed by atoms with E-state index in [0.717, 1.165) is 32.5 Å². The van der Waals surface area contributed by atoms with Crippen molar-refractivity contribution in [3.63, 3.8) is 0 Å². The molecule has 1 aromatic heterocycles. The van der Waals surface area contributed by atoms with Gasteiger partial charge in [0.1, 0.15) is 0 Å². The molecule has 0 aliphatic carbocycles. The van der Waals surface area contributed by atoms with Gasteiger partial charge in [0.25, 0.3) is 0 Å². The third-order valence-corrected chi connectivity index (χ3v) is 4.40. The van der Waals surface area contributed by atoms with Crippen molar-refractivity contribution in [2.24, 2.45) is 0 Å². The fourth-order valence-electron chi connectivity index (χ4n) is 1.96. The molecule has 0 amide bonds. The zero-order valence-electron chi connectivity index (χ0n) is 10.5. The summed E-state index contributed by atoms with van der Waals surface area (Å²) in [5.41, 5.74) is 3.31. The molecule has 2 nitrogen and oxygen atoms in total. The first-order valence-electron chi connectivity index (χ1n) is 6.17. The summed E-state index contributed by atoms with van der Waals surface area (Å²) in [7, 11) is 0. The molecule has 0 bridgehead atoms. The Labute approximate surface area is 121 Å². The van der Waals surface area contributed by atoms with Crippen molar-refractivity contribution in [1.29, 1.82) is 0 Å². The smallest absolute Gasteiger partial charge is 0.188 e. The highest BCUT2D eigenvalue weighted by Gasteiger charge is 2.06. The number of hydrogen-bond donors (Lipinski definition) is 1. The van der Waals surface area contributed by atoms with Gasteiger partial charge in [-0.3, -0.25) is 0 Å². The number of nitrogens with zero attached hydrogens (tertiary/aromatic N) is 1. The molecule has 0 saturated heterocycles. The van der Waals surface area contributed by atoms with Gasteiger partial charge < -0.3 is 5.32 Å². The van der Waals surface area contributed by atoms with Crippen molar-refractivity contribution in [3.05, 3.63) is 53.1 Å². The van der Waals surface area contributed by atoms with Gasteiger partial charge in [-0.25, -0.2) is 4.98 Å². The number of aryl methyl sites for hydroxylation is 1. The Kier molecular flexibility index (Phi) is 3.40. The van der Waals surface area contributed by atoms with Crippen LogP contribution in [0.1, 0.15) is 12.5 Å². The first kappa shape index (κ1) is 12.5. The second-order valence-corrected chi connectivity index (χ2v) is 5.69. The molecule has 3 aromatic rings. The molecule has 3 rings (SSSR count). The maximum atomic E-state index is 6.16. The SMILES string of the molecule is CCc1cccc(Nc2nc3cccc(Cl)c3s2)c1. The summed E-state index contributed by atoms with van der Waals surface area (Å²) < 4.78 is 1.03. The number of anilines is 2. The standard InChI is InChI=1S/C15H13ClN2S/c1-2-10-5-3-6-11(9-10)17-15-18-13-8-4-7-12(16)14(13)19-15/h3-9H,2H2,1H3,(H,17,18). The van der Waals surface area contributed by atoms with E-state index in [1.807, 2.05) is 24.3 Å². The van der Waals surface area contributed by atoms with E-state index in [-0.39, 0.29) is 0 Å². The monoisotopic (exact) mass is 288 g/mol. The molecule has 96 valence electrons. The molecule has 0 aliphatic heterocycles. The molecule has 4 heteroatoms. The first-order valence-corrected chi connectivity index (χ1v) is 7.36. The van der Waals surface area contributed by atoms with E-state index in [9.17, 15) is 0 Å². The maximum Gasteiger partial charge on any atom is 0.188 e. The number of fused-ring (bicyclic) bond motifs is 1. The summed E-state index contributed by atoms with van der Waals surface area (Å²) >= 11 is 7.74. The molecule has 0 spiro atoms. The van der Waals surface area contributed by atoms with Gasteiger partial charge in [-0.15, -0.1) is 0 Å². The second kappa shape index (κ2) is 5.19. The predicted molar refractivity (Wildman–Crippen MR) is 83.7 cm³/mol.